The zero-order chi connectivity index (χ0) is 22.4. The summed E-state index contributed by atoms with van der Waals surface area (Å²) >= 11 is 0. The van der Waals surface area contributed by atoms with Gasteiger partial charge in [-0.25, -0.2) is 4.79 Å². The highest BCUT2D eigenvalue weighted by Crippen LogP contribution is 2.18. The van der Waals surface area contributed by atoms with Gasteiger partial charge in [0.1, 0.15) is 0 Å². The number of hydrogen-bond donors (Lipinski definition) is 1. The van der Waals surface area contributed by atoms with Gasteiger partial charge in [0, 0.05) is 5.69 Å². The summed E-state index contributed by atoms with van der Waals surface area (Å²) in [6.07, 6.45) is 0. The Labute approximate surface area is 179 Å². The van der Waals surface area contributed by atoms with E-state index in [0.717, 1.165) is 21.9 Å². The van der Waals surface area contributed by atoms with Crippen molar-refractivity contribution in [3.8, 4) is 11.4 Å². The number of aromatic nitrogens is 2. The number of benzene rings is 2. The third-order valence-electron chi connectivity index (χ3n) is 4.40. The molecule has 1 amide bonds. The van der Waals surface area contributed by atoms with Gasteiger partial charge >= 0.3 is 5.97 Å². The second kappa shape index (κ2) is 9.71. The van der Waals surface area contributed by atoms with Crippen LogP contribution in [-0.2, 0) is 9.53 Å². The molecule has 1 N–H and O–H groups in total. The van der Waals surface area contributed by atoms with Crippen molar-refractivity contribution >= 4 is 17.6 Å². The summed E-state index contributed by atoms with van der Waals surface area (Å²) in [5.74, 6) is -1.31. The number of ether oxygens (including phenoxy) is 2. The number of amides is 1. The second-order valence-electron chi connectivity index (χ2n) is 6.82. The summed E-state index contributed by atoms with van der Waals surface area (Å²) < 4.78 is 11.6. The van der Waals surface area contributed by atoms with Gasteiger partial charge in [0.2, 0.25) is 5.69 Å². The standard InChI is InChI=1S/C23H23N3O5/c1-4-30-23(29)22-19(31-14-20(27)24-17-11-9-15(2)10-12-17)13-21(28)26(25-22)18-8-6-5-7-16(18)3/h5-13H,4,14H2,1-3H3,(H,24,27). The molecule has 0 aliphatic rings. The van der Waals surface area contributed by atoms with Gasteiger partial charge in [-0.15, -0.1) is 0 Å². The maximum Gasteiger partial charge on any atom is 0.362 e. The Morgan fingerprint density at radius 2 is 1.77 bits per heavy atom. The van der Waals surface area contributed by atoms with Crippen LogP contribution in [0.25, 0.3) is 5.69 Å². The lowest BCUT2D eigenvalue weighted by Crippen LogP contribution is -2.27. The minimum absolute atomic E-state index is 0.118. The molecule has 2 aromatic carbocycles. The summed E-state index contributed by atoms with van der Waals surface area (Å²) in [7, 11) is 0. The molecule has 0 saturated carbocycles. The van der Waals surface area contributed by atoms with E-state index in [1.165, 1.54) is 0 Å². The van der Waals surface area contributed by atoms with Crippen molar-refractivity contribution in [1.82, 2.24) is 9.78 Å². The number of para-hydroxylation sites is 1. The molecule has 0 bridgehead atoms. The lowest BCUT2D eigenvalue weighted by Gasteiger charge is -2.13. The predicted molar refractivity (Wildman–Crippen MR) is 116 cm³/mol. The van der Waals surface area contributed by atoms with E-state index in [9.17, 15) is 14.4 Å². The Kier molecular flexibility index (Phi) is 6.81. The number of nitrogens with zero attached hydrogens (tertiary/aromatic N) is 2. The summed E-state index contributed by atoms with van der Waals surface area (Å²) in [5, 5.41) is 6.86. The average Bonchev–Trinajstić information content (AvgIpc) is 2.75. The van der Waals surface area contributed by atoms with Crippen molar-refractivity contribution in [3.05, 3.63) is 81.8 Å². The Bertz CT molecular complexity index is 1150. The summed E-state index contributed by atoms with van der Waals surface area (Å²) in [6.45, 7) is 5.14. The molecule has 160 valence electrons. The van der Waals surface area contributed by atoms with Crippen LogP contribution in [0.15, 0.2) is 59.4 Å². The van der Waals surface area contributed by atoms with Crippen LogP contribution in [0.1, 0.15) is 28.5 Å². The fourth-order valence-electron chi connectivity index (χ4n) is 2.84. The molecule has 0 spiro atoms. The Hall–Kier alpha value is -3.94. The summed E-state index contributed by atoms with van der Waals surface area (Å²) in [4.78, 5) is 37.3. The molecule has 31 heavy (non-hydrogen) atoms. The fourth-order valence-corrected chi connectivity index (χ4v) is 2.84. The number of hydrogen-bond acceptors (Lipinski definition) is 6. The molecular formula is C23H23N3O5. The Morgan fingerprint density at radius 3 is 2.45 bits per heavy atom. The summed E-state index contributed by atoms with van der Waals surface area (Å²) in [6, 6.07) is 15.5. The summed E-state index contributed by atoms with van der Waals surface area (Å²) in [5.41, 5.74) is 2.32. The molecule has 8 nitrogen and oxygen atoms in total. The molecule has 0 saturated heterocycles. The van der Waals surface area contributed by atoms with Crippen molar-refractivity contribution in [2.75, 3.05) is 18.5 Å². The Morgan fingerprint density at radius 1 is 1.06 bits per heavy atom. The highest BCUT2D eigenvalue weighted by Gasteiger charge is 2.21. The largest absolute Gasteiger partial charge is 0.481 e. The molecule has 0 radical (unpaired) electrons. The predicted octanol–water partition coefficient (Wildman–Crippen LogP) is 3.04. The van der Waals surface area contributed by atoms with Crippen LogP contribution < -0.4 is 15.6 Å². The number of aryl methyl sites for hydroxylation is 2. The van der Waals surface area contributed by atoms with E-state index < -0.39 is 24.0 Å². The molecule has 0 unspecified atom stereocenters. The second-order valence-corrected chi connectivity index (χ2v) is 6.82. The van der Waals surface area contributed by atoms with Crippen LogP contribution in [0, 0.1) is 13.8 Å². The van der Waals surface area contributed by atoms with Crippen molar-refractivity contribution < 1.29 is 19.1 Å². The molecule has 8 heteroatoms. The van der Waals surface area contributed by atoms with Crippen LogP contribution in [0.4, 0.5) is 5.69 Å². The minimum Gasteiger partial charge on any atom is -0.481 e. The average molecular weight is 421 g/mol. The molecule has 0 atom stereocenters. The highest BCUT2D eigenvalue weighted by atomic mass is 16.5. The monoisotopic (exact) mass is 421 g/mol. The van der Waals surface area contributed by atoms with Crippen LogP contribution in [-0.4, -0.2) is 34.9 Å². The molecule has 3 rings (SSSR count). The van der Waals surface area contributed by atoms with Crippen LogP contribution in [0.5, 0.6) is 5.75 Å². The molecule has 0 fully saturated rings. The maximum atomic E-state index is 12.7. The smallest absolute Gasteiger partial charge is 0.362 e. The minimum atomic E-state index is -0.751. The third-order valence-corrected chi connectivity index (χ3v) is 4.40. The first kappa shape index (κ1) is 21.8. The van der Waals surface area contributed by atoms with E-state index in [0.29, 0.717) is 11.4 Å². The highest BCUT2D eigenvalue weighted by molar-refractivity contribution is 5.93. The molecule has 0 aliphatic carbocycles. The zero-order valence-electron chi connectivity index (χ0n) is 17.5. The van der Waals surface area contributed by atoms with E-state index in [4.69, 9.17) is 9.47 Å². The van der Waals surface area contributed by atoms with Gasteiger partial charge in [-0.05, 0) is 44.5 Å². The normalized spacial score (nSPS) is 10.4. The number of carbonyl (C=O) groups is 2. The van der Waals surface area contributed by atoms with E-state index in [2.05, 4.69) is 10.4 Å². The number of esters is 1. The van der Waals surface area contributed by atoms with E-state index in [1.807, 2.05) is 38.1 Å². The van der Waals surface area contributed by atoms with Gasteiger partial charge in [-0.3, -0.25) is 9.59 Å². The first-order chi connectivity index (χ1) is 14.9. The van der Waals surface area contributed by atoms with E-state index in [-0.39, 0.29) is 18.1 Å². The Balaban J connectivity index is 1.86. The van der Waals surface area contributed by atoms with Crippen LogP contribution in [0.3, 0.4) is 0 Å². The molecule has 1 heterocycles. The lowest BCUT2D eigenvalue weighted by molar-refractivity contribution is -0.118. The van der Waals surface area contributed by atoms with Crippen molar-refractivity contribution in [2.24, 2.45) is 0 Å². The number of nitrogens with one attached hydrogen (secondary N) is 1. The van der Waals surface area contributed by atoms with E-state index in [1.54, 1.807) is 31.2 Å². The van der Waals surface area contributed by atoms with Gasteiger partial charge < -0.3 is 14.8 Å². The SMILES string of the molecule is CCOC(=O)c1nn(-c2ccccc2C)c(=O)cc1OCC(=O)Nc1ccc(C)cc1. The lowest BCUT2D eigenvalue weighted by atomic mass is 10.2. The molecule has 3 aromatic rings. The van der Waals surface area contributed by atoms with Crippen LogP contribution >= 0.6 is 0 Å². The molecule has 1 aromatic heterocycles. The van der Waals surface area contributed by atoms with Crippen LogP contribution in [0.2, 0.25) is 0 Å². The molecular weight excluding hydrogens is 398 g/mol. The maximum absolute atomic E-state index is 12.7. The number of carbonyl (C=O) groups excluding carboxylic acids is 2. The number of anilines is 1. The van der Waals surface area contributed by atoms with Gasteiger partial charge in [0.25, 0.3) is 11.5 Å². The fraction of sp³-hybridized carbons (Fsp3) is 0.217. The first-order valence-corrected chi connectivity index (χ1v) is 9.76. The van der Waals surface area contributed by atoms with Gasteiger partial charge in [0.15, 0.2) is 12.4 Å². The third kappa shape index (κ3) is 5.36. The first-order valence-electron chi connectivity index (χ1n) is 9.76. The van der Waals surface area contributed by atoms with Crippen molar-refractivity contribution in [2.45, 2.75) is 20.8 Å². The van der Waals surface area contributed by atoms with Gasteiger partial charge in [-0.2, -0.15) is 9.78 Å². The van der Waals surface area contributed by atoms with Gasteiger partial charge in [0.05, 0.1) is 18.4 Å². The topological polar surface area (TPSA) is 99.5 Å². The number of rotatable bonds is 7. The molecule has 0 aliphatic heterocycles. The van der Waals surface area contributed by atoms with Crippen molar-refractivity contribution in [3.63, 3.8) is 0 Å². The van der Waals surface area contributed by atoms with Crippen molar-refractivity contribution in [1.29, 1.82) is 0 Å². The quantitative estimate of drug-likeness (QED) is 0.589. The zero-order valence-corrected chi connectivity index (χ0v) is 17.5. The van der Waals surface area contributed by atoms with Gasteiger partial charge in [-0.1, -0.05) is 35.9 Å². The van der Waals surface area contributed by atoms with E-state index >= 15 is 0 Å².